The number of aromatic hydroxyl groups is 2. The predicted octanol–water partition coefficient (Wildman–Crippen LogP) is 1.89. The molecule has 7 nitrogen and oxygen atoms in total. The molecule has 1 aromatic carbocycles. The lowest BCUT2D eigenvalue weighted by Gasteiger charge is -1.95. The molecule has 0 saturated carbocycles. The molecule has 2 aromatic heterocycles. The first-order valence-electron chi connectivity index (χ1n) is 5.94. The SMILES string of the molecule is CCn1nnc(-c2sc(-c3cccc(O)c3)nc2O)n1. The third kappa shape index (κ3) is 2.21. The number of hydrogen-bond acceptors (Lipinski definition) is 7. The van der Waals surface area contributed by atoms with Crippen molar-refractivity contribution in [3.63, 3.8) is 0 Å². The van der Waals surface area contributed by atoms with Gasteiger partial charge in [0.1, 0.15) is 15.6 Å². The van der Waals surface area contributed by atoms with Gasteiger partial charge >= 0.3 is 0 Å². The van der Waals surface area contributed by atoms with E-state index in [-0.39, 0.29) is 11.6 Å². The highest BCUT2D eigenvalue weighted by Gasteiger charge is 2.17. The summed E-state index contributed by atoms with van der Waals surface area (Å²) in [5.41, 5.74) is 0.722. The van der Waals surface area contributed by atoms with Gasteiger partial charge < -0.3 is 10.2 Å². The van der Waals surface area contributed by atoms with Gasteiger partial charge in [-0.3, -0.25) is 0 Å². The molecule has 2 N–H and O–H groups in total. The number of tetrazole rings is 1. The number of aromatic nitrogens is 5. The van der Waals surface area contributed by atoms with Crippen LogP contribution in [0.25, 0.3) is 21.3 Å². The lowest BCUT2D eigenvalue weighted by molar-refractivity contribution is 0.459. The fraction of sp³-hybridized carbons (Fsp3) is 0.167. The van der Waals surface area contributed by atoms with Gasteiger partial charge in [-0.1, -0.05) is 12.1 Å². The summed E-state index contributed by atoms with van der Waals surface area (Å²) in [6, 6.07) is 6.68. The topological polar surface area (TPSA) is 97.0 Å². The van der Waals surface area contributed by atoms with Crippen molar-refractivity contribution < 1.29 is 10.2 Å². The van der Waals surface area contributed by atoms with Crippen molar-refractivity contribution in [1.82, 2.24) is 25.2 Å². The number of hydrogen-bond donors (Lipinski definition) is 2. The van der Waals surface area contributed by atoms with Gasteiger partial charge in [0.05, 0.1) is 6.54 Å². The van der Waals surface area contributed by atoms with E-state index in [9.17, 15) is 10.2 Å². The maximum Gasteiger partial charge on any atom is 0.234 e. The van der Waals surface area contributed by atoms with Crippen LogP contribution in [0.2, 0.25) is 0 Å². The van der Waals surface area contributed by atoms with Gasteiger partial charge in [-0.05, 0) is 24.3 Å². The predicted molar refractivity (Wildman–Crippen MR) is 73.4 cm³/mol. The van der Waals surface area contributed by atoms with E-state index in [0.717, 1.165) is 5.56 Å². The molecule has 0 aliphatic carbocycles. The second-order valence-corrected chi connectivity index (χ2v) is 5.02. The van der Waals surface area contributed by atoms with Crippen molar-refractivity contribution in [2.45, 2.75) is 13.5 Å². The second-order valence-electron chi connectivity index (χ2n) is 4.02. The molecule has 0 unspecified atom stereocenters. The minimum atomic E-state index is -0.135. The summed E-state index contributed by atoms with van der Waals surface area (Å²) in [7, 11) is 0. The Morgan fingerprint density at radius 2 is 2.15 bits per heavy atom. The molecule has 0 saturated heterocycles. The Labute approximate surface area is 118 Å². The maximum absolute atomic E-state index is 9.92. The van der Waals surface area contributed by atoms with Crippen LogP contribution in [0.1, 0.15) is 6.92 Å². The van der Waals surface area contributed by atoms with Crippen molar-refractivity contribution in [2.75, 3.05) is 0 Å². The Kier molecular flexibility index (Phi) is 3.07. The molecule has 2 heterocycles. The lowest BCUT2D eigenvalue weighted by atomic mass is 10.2. The molecule has 0 aliphatic heterocycles. The van der Waals surface area contributed by atoms with Gasteiger partial charge in [0.2, 0.25) is 11.7 Å². The molecule has 0 aliphatic rings. The highest BCUT2D eigenvalue weighted by Crippen LogP contribution is 2.37. The van der Waals surface area contributed by atoms with Crippen molar-refractivity contribution in [1.29, 1.82) is 0 Å². The number of rotatable bonds is 3. The summed E-state index contributed by atoms with van der Waals surface area (Å²) in [5.74, 6) is 0.353. The number of nitrogens with zero attached hydrogens (tertiary/aromatic N) is 5. The molecule has 0 spiro atoms. The molecule has 0 atom stereocenters. The normalized spacial score (nSPS) is 10.8. The Balaban J connectivity index is 2.02. The van der Waals surface area contributed by atoms with Crippen LogP contribution in [0.4, 0.5) is 0 Å². The largest absolute Gasteiger partial charge is 0.508 e. The van der Waals surface area contributed by atoms with Crippen LogP contribution in [0, 0.1) is 0 Å². The fourth-order valence-electron chi connectivity index (χ4n) is 1.69. The van der Waals surface area contributed by atoms with Crippen LogP contribution < -0.4 is 0 Å². The average Bonchev–Trinajstić information content (AvgIpc) is 3.04. The first-order chi connectivity index (χ1) is 9.67. The van der Waals surface area contributed by atoms with E-state index in [1.54, 1.807) is 24.3 Å². The third-order valence-electron chi connectivity index (χ3n) is 2.64. The molecular weight excluding hydrogens is 278 g/mol. The van der Waals surface area contributed by atoms with Gasteiger partial charge in [-0.2, -0.15) is 4.80 Å². The van der Waals surface area contributed by atoms with Gasteiger partial charge in [-0.25, -0.2) is 4.98 Å². The molecule has 0 amide bonds. The van der Waals surface area contributed by atoms with E-state index in [1.807, 2.05) is 6.92 Å². The Hall–Kier alpha value is -2.48. The molecule has 102 valence electrons. The van der Waals surface area contributed by atoms with Crippen LogP contribution in [0.15, 0.2) is 24.3 Å². The molecule has 8 heteroatoms. The monoisotopic (exact) mass is 289 g/mol. The number of aryl methyl sites for hydroxylation is 1. The van der Waals surface area contributed by atoms with E-state index >= 15 is 0 Å². The first-order valence-corrected chi connectivity index (χ1v) is 6.76. The van der Waals surface area contributed by atoms with Crippen LogP contribution >= 0.6 is 11.3 Å². The van der Waals surface area contributed by atoms with Crippen LogP contribution in [-0.4, -0.2) is 35.4 Å². The van der Waals surface area contributed by atoms with Gasteiger partial charge in [-0.15, -0.1) is 21.5 Å². The summed E-state index contributed by atoms with van der Waals surface area (Å²) in [4.78, 5) is 5.97. The van der Waals surface area contributed by atoms with E-state index in [1.165, 1.54) is 16.1 Å². The average molecular weight is 289 g/mol. The summed E-state index contributed by atoms with van der Waals surface area (Å²) in [6.07, 6.45) is 0. The van der Waals surface area contributed by atoms with Crippen LogP contribution in [0.5, 0.6) is 11.6 Å². The van der Waals surface area contributed by atoms with Gasteiger partial charge in [0.25, 0.3) is 0 Å². The summed E-state index contributed by atoms with van der Waals surface area (Å²) >= 11 is 1.25. The Bertz CT molecular complexity index is 752. The fourth-order valence-corrected chi connectivity index (χ4v) is 2.57. The Morgan fingerprint density at radius 1 is 1.30 bits per heavy atom. The Morgan fingerprint density at radius 3 is 2.85 bits per heavy atom. The van der Waals surface area contributed by atoms with Crippen LogP contribution in [0.3, 0.4) is 0 Å². The number of phenolic OH excluding ortho intramolecular Hbond substituents is 1. The van der Waals surface area contributed by atoms with Crippen molar-refractivity contribution in [3.8, 4) is 32.9 Å². The number of benzene rings is 1. The summed E-state index contributed by atoms with van der Waals surface area (Å²) < 4.78 is 0. The summed E-state index contributed by atoms with van der Waals surface area (Å²) in [5, 5.41) is 31.9. The van der Waals surface area contributed by atoms with Crippen molar-refractivity contribution in [3.05, 3.63) is 24.3 Å². The molecule has 0 fully saturated rings. The van der Waals surface area contributed by atoms with Crippen molar-refractivity contribution in [2.24, 2.45) is 0 Å². The highest BCUT2D eigenvalue weighted by molar-refractivity contribution is 7.18. The zero-order valence-electron chi connectivity index (χ0n) is 10.6. The minimum absolute atomic E-state index is 0.135. The van der Waals surface area contributed by atoms with E-state index < -0.39 is 0 Å². The molecule has 20 heavy (non-hydrogen) atoms. The highest BCUT2D eigenvalue weighted by atomic mass is 32.1. The van der Waals surface area contributed by atoms with E-state index in [4.69, 9.17) is 0 Å². The van der Waals surface area contributed by atoms with E-state index in [2.05, 4.69) is 20.4 Å². The van der Waals surface area contributed by atoms with Crippen LogP contribution in [-0.2, 0) is 6.54 Å². The molecular formula is C12H11N5O2S. The van der Waals surface area contributed by atoms with Gasteiger partial charge in [0, 0.05) is 5.56 Å². The third-order valence-corrected chi connectivity index (χ3v) is 3.73. The molecule has 0 bridgehead atoms. The second kappa shape index (κ2) is 4.89. The molecule has 0 radical (unpaired) electrons. The minimum Gasteiger partial charge on any atom is -0.508 e. The first kappa shape index (κ1) is 12.5. The standard InChI is InChI=1S/C12H11N5O2S/c1-2-17-15-10(14-16-17)9-11(19)13-12(20-9)7-4-3-5-8(18)6-7/h3-6,18-19H,2H2,1H3. The smallest absolute Gasteiger partial charge is 0.234 e. The van der Waals surface area contributed by atoms with Crippen molar-refractivity contribution >= 4 is 11.3 Å². The molecule has 3 aromatic rings. The van der Waals surface area contributed by atoms with E-state index in [0.29, 0.717) is 22.3 Å². The summed E-state index contributed by atoms with van der Waals surface area (Å²) in [6.45, 7) is 2.50. The lowest BCUT2D eigenvalue weighted by Crippen LogP contribution is -1.98. The maximum atomic E-state index is 9.92. The number of phenols is 1. The van der Waals surface area contributed by atoms with Gasteiger partial charge in [0.15, 0.2) is 0 Å². The molecule has 3 rings (SSSR count). The quantitative estimate of drug-likeness (QED) is 0.764. The zero-order chi connectivity index (χ0) is 14.1. The number of thiazole rings is 1. The zero-order valence-corrected chi connectivity index (χ0v) is 11.4.